The average Bonchev–Trinajstić information content (AvgIpc) is 3.18. The van der Waals surface area contributed by atoms with E-state index in [1.807, 2.05) is 12.1 Å². The van der Waals surface area contributed by atoms with E-state index < -0.39 is 10.8 Å². The molecule has 0 aliphatic carbocycles. The highest BCUT2D eigenvalue weighted by Crippen LogP contribution is 2.22. The fourth-order valence-corrected chi connectivity index (χ4v) is 2.31. The first-order valence-electron chi connectivity index (χ1n) is 7.84. The Bertz CT molecular complexity index is 1010. The zero-order valence-electron chi connectivity index (χ0n) is 14.2. The summed E-state index contributed by atoms with van der Waals surface area (Å²) in [5.74, 6) is 0.193. The van der Waals surface area contributed by atoms with Crippen LogP contribution in [0.1, 0.15) is 16.1 Å². The van der Waals surface area contributed by atoms with Gasteiger partial charge < -0.3 is 4.74 Å². The molecule has 9 nitrogen and oxygen atoms in total. The number of non-ortho nitro benzene ring substituents is 1. The number of benzene rings is 2. The van der Waals surface area contributed by atoms with Crippen molar-refractivity contribution in [2.45, 2.75) is 0 Å². The summed E-state index contributed by atoms with van der Waals surface area (Å²) >= 11 is 0. The van der Waals surface area contributed by atoms with Gasteiger partial charge in [-0.25, -0.2) is 5.43 Å². The number of aromatic amines is 1. The lowest BCUT2D eigenvalue weighted by atomic mass is 10.1. The second-order valence-corrected chi connectivity index (χ2v) is 5.45. The number of nitrogens with zero attached hydrogens (tertiary/aromatic N) is 3. The summed E-state index contributed by atoms with van der Waals surface area (Å²) in [6, 6.07) is 14.7. The molecule has 3 rings (SSSR count). The number of nitro benzene ring substituents is 1. The number of nitro groups is 1. The monoisotopic (exact) mass is 365 g/mol. The zero-order chi connectivity index (χ0) is 19.2. The number of nitrogens with one attached hydrogen (secondary N) is 2. The van der Waals surface area contributed by atoms with Crippen LogP contribution < -0.4 is 10.2 Å². The van der Waals surface area contributed by atoms with Crippen molar-refractivity contribution in [2.24, 2.45) is 5.10 Å². The Labute approximate surface area is 153 Å². The van der Waals surface area contributed by atoms with Crippen LogP contribution in [0.4, 0.5) is 5.69 Å². The number of hydrazone groups is 1. The predicted molar refractivity (Wildman–Crippen MR) is 98.7 cm³/mol. The second kappa shape index (κ2) is 7.91. The zero-order valence-corrected chi connectivity index (χ0v) is 14.2. The van der Waals surface area contributed by atoms with Crippen molar-refractivity contribution >= 4 is 17.8 Å². The molecule has 0 saturated heterocycles. The van der Waals surface area contributed by atoms with E-state index in [0.717, 1.165) is 5.56 Å². The fourth-order valence-electron chi connectivity index (χ4n) is 2.31. The summed E-state index contributed by atoms with van der Waals surface area (Å²) in [4.78, 5) is 22.5. The van der Waals surface area contributed by atoms with E-state index in [1.54, 1.807) is 31.4 Å². The number of carbonyl (C=O) groups excluding carboxylic acids is 1. The number of hydrogen-bond donors (Lipinski definition) is 2. The lowest BCUT2D eigenvalue weighted by Crippen LogP contribution is -2.18. The Kier molecular flexibility index (Phi) is 5.22. The first-order chi connectivity index (χ1) is 13.1. The second-order valence-electron chi connectivity index (χ2n) is 5.45. The van der Waals surface area contributed by atoms with Crippen LogP contribution in [-0.2, 0) is 0 Å². The Morgan fingerprint density at radius 2 is 2.07 bits per heavy atom. The minimum atomic E-state index is -0.489. The van der Waals surface area contributed by atoms with Gasteiger partial charge >= 0.3 is 0 Å². The van der Waals surface area contributed by atoms with Crippen LogP contribution >= 0.6 is 0 Å². The van der Waals surface area contributed by atoms with E-state index in [-0.39, 0.29) is 11.4 Å². The van der Waals surface area contributed by atoms with Gasteiger partial charge in [-0.1, -0.05) is 24.3 Å². The molecule has 136 valence electrons. The van der Waals surface area contributed by atoms with Gasteiger partial charge in [0.15, 0.2) is 0 Å². The molecule has 1 heterocycles. The highest BCUT2D eigenvalue weighted by atomic mass is 16.6. The molecule has 1 amide bonds. The normalized spacial score (nSPS) is 10.7. The Morgan fingerprint density at radius 3 is 2.85 bits per heavy atom. The molecule has 2 N–H and O–H groups in total. The number of amides is 1. The number of rotatable bonds is 6. The molecular weight excluding hydrogens is 350 g/mol. The highest BCUT2D eigenvalue weighted by Gasteiger charge is 2.13. The topological polar surface area (TPSA) is 123 Å². The molecule has 9 heteroatoms. The molecule has 0 atom stereocenters. The number of methoxy groups -OCH3 is 1. The summed E-state index contributed by atoms with van der Waals surface area (Å²) < 4.78 is 5.12. The van der Waals surface area contributed by atoms with Gasteiger partial charge in [-0.05, 0) is 23.8 Å². The summed E-state index contributed by atoms with van der Waals surface area (Å²) in [5, 5.41) is 21.4. The van der Waals surface area contributed by atoms with Crippen molar-refractivity contribution in [1.29, 1.82) is 0 Å². The SMILES string of the molecule is COc1cccc(/C=N\NC(=O)c2cc(-c3cccc([N+](=O)[O-])c3)n[nH]2)c1. The van der Waals surface area contributed by atoms with Crippen molar-refractivity contribution in [3.05, 3.63) is 76.0 Å². The lowest BCUT2D eigenvalue weighted by molar-refractivity contribution is -0.384. The van der Waals surface area contributed by atoms with Crippen LogP contribution in [0.25, 0.3) is 11.3 Å². The van der Waals surface area contributed by atoms with Gasteiger partial charge in [-0.15, -0.1) is 0 Å². The lowest BCUT2D eigenvalue weighted by Gasteiger charge is -2.00. The first kappa shape index (κ1) is 17.8. The van der Waals surface area contributed by atoms with Gasteiger partial charge in [-0.3, -0.25) is 20.0 Å². The van der Waals surface area contributed by atoms with Crippen LogP contribution in [0.5, 0.6) is 5.75 Å². The van der Waals surface area contributed by atoms with Crippen LogP contribution in [0.15, 0.2) is 59.7 Å². The minimum absolute atomic E-state index is 0.0515. The molecule has 0 radical (unpaired) electrons. The van der Waals surface area contributed by atoms with Gasteiger partial charge in [0, 0.05) is 17.7 Å². The number of H-pyrrole nitrogens is 1. The van der Waals surface area contributed by atoms with Gasteiger partial charge in [-0.2, -0.15) is 10.2 Å². The van der Waals surface area contributed by atoms with Crippen molar-refractivity contribution in [1.82, 2.24) is 15.6 Å². The Morgan fingerprint density at radius 1 is 1.26 bits per heavy atom. The molecule has 0 saturated carbocycles. The summed E-state index contributed by atoms with van der Waals surface area (Å²) in [7, 11) is 1.56. The third-order valence-corrected chi connectivity index (χ3v) is 3.65. The quantitative estimate of drug-likeness (QED) is 0.395. The van der Waals surface area contributed by atoms with E-state index in [0.29, 0.717) is 17.0 Å². The van der Waals surface area contributed by atoms with Crippen LogP contribution in [0.2, 0.25) is 0 Å². The Balaban J connectivity index is 1.69. The largest absolute Gasteiger partial charge is 0.497 e. The maximum absolute atomic E-state index is 12.1. The van der Waals surface area contributed by atoms with E-state index in [1.165, 1.54) is 24.4 Å². The van der Waals surface area contributed by atoms with Crippen molar-refractivity contribution < 1.29 is 14.5 Å². The molecule has 0 spiro atoms. The number of carbonyl (C=O) groups is 1. The van der Waals surface area contributed by atoms with E-state index in [2.05, 4.69) is 20.7 Å². The molecule has 0 aliphatic rings. The molecule has 0 unspecified atom stereocenters. The predicted octanol–water partition coefficient (Wildman–Crippen LogP) is 2.76. The van der Waals surface area contributed by atoms with Gasteiger partial charge in [0.1, 0.15) is 11.4 Å². The van der Waals surface area contributed by atoms with Gasteiger partial charge in [0.2, 0.25) is 0 Å². The molecule has 3 aromatic rings. The molecular formula is C18H15N5O4. The maximum Gasteiger partial charge on any atom is 0.289 e. The van der Waals surface area contributed by atoms with Crippen molar-refractivity contribution in [3.8, 4) is 17.0 Å². The number of ether oxygens (including phenoxy) is 1. The minimum Gasteiger partial charge on any atom is -0.497 e. The maximum atomic E-state index is 12.1. The molecule has 27 heavy (non-hydrogen) atoms. The van der Waals surface area contributed by atoms with Crippen molar-refractivity contribution in [2.75, 3.05) is 7.11 Å². The van der Waals surface area contributed by atoms with Gasteiger partial charge in [0.25, 0.3) is 11.6 Å². The van der Waals surface area contributed by atoms with Gasteiger partial charge in [0.05, 0.1) is 23.9 Å². The van der Waals surface area contributed by atoms with E-state index >= 15 is 0 Å². The van der Waals surface area contributed by atoms with Crippen LogP contribution in [0, 0.1) is 10.1 Å². The standard InChI is InChI=1S/C18H15N5O4/c1-27-15-7-2-4-12(8-15)11-19-22-18(24)17-10-16(20-21-17)13-5-3-6-14(9-13)23(25)26/h2-11H,1H3,(H,20,21)(H,22,24)/b19-11-. The van der Waals surface area contributed by atoms with Crippen LogP contribution in [0.3, 0.4) is 0 Å². The summed E-state index contributed by atoms with van der Waals surface area (Å²) in [6.45, 7) is 0. The summed E-state index contributed by atoms with van der Waals surface area (Å²) in [5.41, 5.74) is 4.22. The van der Waals surface area contributed by atoms with Crippen LogP contribution in [-0.4, -0.2) is 34.4 Å². The number of aromatic nitrogens is 2. The highest BCUT2D eigenvalue weighted by molar-refractivity contribution is 5.94. The van der Waals surface area contributed by atoms with E-state index in [9.17, 15) is 14.9 Å². The molecule has 0 aliphatic heterocycles. The smallest absolute Gasteiger partial charge is 0.289 e. The molecule has 0 fully saturated rings. The first-order valence-corrected chi connectivity index (χ1v) is 7.84. The van der Waals surface area contributed by atoms with E-state index in [4.69, 9.17) is 4.74 Å². The van der Waals surface area contributed by atoms with Crippen molar-refractivity contribution in [3.63, 3.8) is 0 Å². The Hall–Kier alpha value is -4.01. The molecule has 1 aromatic heterocycles. The fraction of sp³-hybridized carbons (Fsp3) is 0.0556. The third-order valence-electron chi connectivity index (χ3n) is 3.65. The summed E-state index contributed by atoms with van der Waals surface area (Å²) in [6.07, 6.45) is 1.48. The third kappa shape index (κ3) is 4.34. The number of hydrogen-bond acceptors (Lipinski definition) is 6. The average molecular weight is 365 g/mol. The molecule has 0 bridgehead atoms. The molecule has 2 aromatic carbocycles.